The number of nitrogens with one attached hydrogen (secondary N) is 2. The van der Waals surface area contributed by atoms with Gasteiger partial charge in [0.15, 0.2) is 0 Å². The number of carbonyl (C=O) groups excluding carboxylic acids is 1. The van der Waals surface area contributed by atoms with Gasteiger partial charge in [0.2, 0.25) is 0 Å². The van der Waals surface area contributed by atoms with E-state index in [1.807, 2.05) is 0 Å². The lowest BCUT2D eigenvalue weighted by Crippen LogP contribution is -2.45. The number of urea groups is 1. The van der Waals surface area contributed by atoms with Crippen LogP contribution in [0, 0.1) is 5.92 Å². The summed E-state index contributed by atoms with van der Waals surface area (Å²) < 4.78 is 5.34. The van der Waals surface area contributed by atoms with Crippen molar-refractivity contribution >= 4 is 17.4 Å². The van der Waals surface area contributed by atoms with E-state index in [1.54, 1.807) is 11.3 Å². The third-order valence-electron chi connectivity index (χ3n) is 4.82. The van der Waals surface area contributed by atoms with Crippen LogP contribution in [-0.4, -0.2) is 50.3 Å². The predicted octanol–water partition coefficient (Wildman–Crippen LogP) is 2.61. The van der Waals surface area contributed by atoms with Crippen molar-refractivity contribution in [3.63, 3.8) is 0 Å². The van der Waals surface area contributed by atoms with Crippen LogP contribution in [0.25, 0.3) is 0 Å². The number of ether oxygens (including phenoxy) is 1. The molecule has 1 aromatic heterocycles. The number of nitrogens with zero attached hydrogens (tertiary/aromatic N) is 1. The van der Waals surface area contributed by atoms with E-state index in [4.69, 9.17) is 4.74 Å². The van der Waals surface area contributed by atoms with Crippen molar-refractivity contribution in [3.05, 3.63) is 22.4 Å². The number of carbonyl (C=O) groups is 1. The van der Waals surface area contributed by atoms with Crippen LogP contribution in [-0.2, 0) is 4.74 Å². The molecule has 0 spiro atoms. The lowest BCUT2D eigenvalue weighted by molar-refractivity contribution is 0.0387. The number of thiophene rings is 1. The van der Waals surface area contributed by atoms with E-state index in [0.29, 0.717) is 12.5 Å². The molecule has 1 saturated heterocycles. The standard InChI is InChI=1S/C17H27N3O2S/c21-17(18-7-8-20-9-11-22-12-10-20)19-16(14-4-1-2-5-14)15-6-3-13-23-15/h3,6,13-14,16H,1-2,4-5,7-12H2,(H2,18,19,21). The maximum absolute atomic E-state index is 12.3. The summed E-state index contributed by atoms with van der Waals surface area (Å²) in [6, 6.07) is 4.34. The van der Waals surface area contributed by atoms with E-state index in [2.05, 4.69) is 33.0 Å². The highest BCUT2D eigenvalue weighted by Gasteiger charge is 2.28. The van der Waals surface area contributed by atoms with Crippen molar-refractivity contribution in [3.8, 4) is 0 Å². The van der Waals surface area contributed by atoms with Crippen LogP contribution in [0.2, 0.25) is 0 Å². The Morgan fingerprint density at radius 1 is 1.35 bits per heavy atom. The van der Waals surface area contributed by atoms with Crippen LogP contribution < -0.4 is 10.6 Å². The zero-order chi connectivity index (χ0) is 15.9. The van der Waals surface area contributed by atoms with E-state index in [-0.39, 0.29) is 12.1 Å². The zero-order valence-corrected chi connectivity index (χ0v) is 14.4. The summed E-state index contributed by atoms with van der Waals surface area (Å²) >= 11 is 1.74. The number of hydrogen-bond acceptors (Lipinski definition) is 4. The van der Waals surface area contributed by atoms with E-state index in [1.165, 1.54) is 30.6 Å². The summed E-state index contributed by atoms with van der Waals surface area (Å²) in [6.07, 6.45) is 5.01. The molecule has 1 atom stereocenters. The number of rotatable bonds is 6. The van der Waals surface area contributed by atoms with Gasteiger partial charge in [-0.3, -0.25) is 4.90 Å². The van der Waals surface area contributed by atoms with Crippen LogP contribution in [0.15, 0.2) is 17.5 Å². The van der Waals surface area contributed by atoms with E-state index in [9.17, 15) is 4.79 Å². The van der Waals surface area contributed by atoms with Gasteiger partial charge in [0.25, 0.3) is 0 Å². The Kier molecular flexibility index (Phi) is 6.30. The summed E-state index contributed by atoms with van der Waals surface area (Å²) in [5.41, 5.74) is 0. The monoisotopic (exact) mass is 337 g/mol. The van der Waals surface area contributed by atoms with Crippen LogP contribution in [0.1, 0.15) is 36.6 Å². The molecule has 1 aliphatic carbocycles. The minimum atomic E-state index is -0.0384. The van der Waals surface area contributed by atoms with Crippen LogP contribution in [0.4, 0.5) is 4.79 Å². The van der Waals surface area contributed by atoms with Gasteiger partial charge in [-0.05, 0) is 30.2 Å². The Bertz CT molecular complexity index is 468. The second kappa shape index (κ2) is 8.66. The third-order valence-corrected chi connectivity index (χ3v) is 5.78. The Morgan fingerprint density at radius 3 is 2.83 bits per heavy atom. The molecule has 2 aliphatic rings. The molecule has 0 bridgehead atoms. The van der Waals surface area contributed by atoms with Crippen LogP contribution in [0.3, 0.4) is 0 Å². The van der Waals surface area contributed by atoms with Crippen LogP contribution >= 0.6 is 11.3 Å². The molecule has 1 unspecified atom stereocenters. The fourth-order valence-corrected chi connectivity index (χ4v) is 4.39. The molecule has 5 nitrogen and oxygen atoms in total. The fourth-order valence-electron chi connectivity index (χ4n) is 3.52. The highest BCUT2D eigenvalue weighted by atomic mass is 32.1. The Hall–Kier alpha value is -1.11. The van der Waals surface area contributed by atoms with Crippen LogP contribution in [0.5, 0.6) is 0 Å². The Morgan fingerprint density at radius 2 is 2.13 bits per heavy atom. The molecule has 2 amide bonds. The Balaban J connectivity index is 1.45. The first-order valence-electron chi connectivity index (χ1n) is 8.71. The average Bonchev–Trinajstić information content (AvgIpc) is 3.27. The quantitative estimate of drug-likeness (QED) is 0.839. The molecule has 0 radical (unpaired) electrons. The van der Waals surface area contributed by atoms with Gasteiger partial charge in [0, 0.05) is 31.1 Å². The van der Waals surface area contributed by atoms with Crippen molar-refractivity contribution in [2.75, 3.05) is 39.4 Å². The van der Waals surface area contributed by atoms with E-state index in [0.717, 1.165) is 32.8 Å². The topological polar surface area (TPSA) is 53.6 Å². The smallest absolute Gasteiger partial charge is 0.315 e. The van der Waals surface area contributed by atoms with E-state index >= 15 is 0 Å². The molecular formula is C17H27N3O2S. The molecule has 2 heterocycles. The lowest BCUT2D eigenvalue weighted by Gasteiger charge is -2.27. The highest BCUT2D eigenvalue weighted by molar-refractivity contribution is 7.10. The molecule has 1 saturated carbocycles. The van der Waals surface area contributed by atoms with Crippen molar-refractivity contribution in [1.82, 2.24) is 15.5 Å². The number of morpholine rings is 1. The number of amides is 2. The van der Waals surface area contributed by atoms with E-state index < -0.39 is 0 Å². The minimum Gasteiger partial charge on any atom is -0.379 e. The van der Waals surface area contributed by atoms with Crippen molar-refractivity contribution in [1.29, 1.82) is 0 Å². The molecule has 0 aromatic carbocycles. The summed E-state index contributed by atoms with van der Waals surface area (Å²) in [5.74, 6) is 0.582. The molecule has 1 aromatic rings. The molecule has 128 valence electrons. The van der Waals surface area contributed by atoms with Crippen molar-refractivity contribution < 1.29 is 9.53 Å². The molecular weight excluding hydrogens is 310 g/mol. The maximum atomic E-state index is 12.3. The normalized spacial score (nSPS) is 21.2. The van der Waals surface area contributed by atoms with Gasteiger partial charge in [-0.1, -0.05) is 18.9 Å². The first-order chi connectivity index (χ1) is 11.3. The average molecular weight is 337 g/mol. The summed E-state index contributed by atoms with van der Waals surface area (Å²) in [7, 11) is 0. The Labute approximate surface area is 142 Å². The van der Waals surface area contributed by atoms with Crippen molar-refractivity contribution in [2.45, 2.75) is 31.7 Å². The molecule has 1 aliphatic heterocycles. The molecule has 2 fully saturated rings. The zero-order valence-electron chi connectivity index (χ0n) is 13.6. The van der Waals surface area contributed by atoms with Gasteiger partial charge >= 0.3 is 6.03 Å². The van der Waals surface area contributed by atoms with Gasteiger partial charge in [-0.15, -0.1) is 11.3 Å². The summed E-state index contributed by atoms with van der Waals surface area (Å²) in [6.45, 7) is 5.10. The molecule has 2 N–H and O–H groups in total. The van der Waals surface area contributed by atoms with Gasteiger partial charge in [0.1, 0.15) is 0 Å². The fraction of sp³-hybridized carbons (Fsp3) is 0.706. The highest BCUT2D eigenvalue weighted by Crippen LogP contribution is 2.37. The second-order valence-electron chi connectivity index (χ2n) is 6.39. The summed E-state index contributed by atoms with van der Waals surface area (Å²) in [4.78, 5) is 15.9. The van der Waals surface area contributed by atoms with Crippen molar-refractivity contribution in [2.24, 2.45) is 5.92 Å². The number of hydrogen-bond donors (Lipinski definition) is 2. The maximum Gasteiger partial charge on any atom is 0.315 e. The lowest BCUT2D eigenvalue weighted by atomic mass is 9.97. The van der Waals surface area contributed by atoms with Gasteiger partial charge in [-0.2, -0.15) is 0 Å². The largest absolute Gasteiger partial charge is 0.379 e. The van der Waals surface area contributed by atoms with Gasteiger partial charge in [0.05, 0.1) is 19.3 Å². The summed E-state index contributed by atoms with van der Waals surface area (Å²) in [5, 5.41) is 8.33. The first-order valence-corrected chi connectivity index (χ1v) is 9.59. The van der Waals surface area contributed by atoms with Gasteiger partial charge in [-0.25, -0.2) is 4.79 Å². The van der Waals surface area contributed by atoms with Gasteiger partial charge < -0.3 is 15.4 Å². The first kappa shape index (κ1) is 16.7. The third kappa shape index (κ3) is 4.93. The molecule has 23 heavy (non-hydrogen) atoms. The predicted molar refractivity (Wildman–Crippen MR) is 92.8 cm³/mol. The molecule has 3 rings (SSSR count). The molecule has 6 heteroatoms. The SMILES string of the molecule is O=C(NCCN1CCOCC1)NC(c1cccs1)C1CCCC1. The second-order valence-corrected chi connectivity index (χ2v) is 7.37. The minimum absolute atomic E-state index is 0.0384.